The number of nitrogens with one attached hydrogen (secondary N) is 2. The van der Waals surface area contributed by atoms with Gasteiger partial charge in [-0.25, -0.2) is 9.49 Å². The molecule has 0 aliphatic rings. The van der Waals surface area contributed by atoms with Gasteiger partial charge >= 0.3 is 0 Å². The van der Waals surface area contributed by atoms with E-state index < -0.39 is 17.3 Å². The van der Waals surface area contributed by atoms with Crippen molar-refractivity contribution in [2.45, 2.75) is 0 Å². The van der Waals surface area contributed by atoms with Crippen LogP contribution in [0, 0.1) is 5.82 Å². The predicted octanol–water partition coefficient (Wildman–Crippen LogP) is 2.47. The van der Waals surface area contributed by atoms with Gasteiger partial charge in [-0.15, -0.1) is 0 Å². The van der Waals surface area contributed by atoms with Gasteiger partial charge in [-0.1, -0.05) is 23.2 Å². The molecule has 8 heteroatoms. The maximum Gasteiger partial charge on any atom is 0.276 e. The van der Waals surface area contributed by atoms with E-state index in [0.29, 0.717) is 0 Å². The molecule has 0 fully saturated rings. The number of amides is 1. The number of hydrogen-bond donors (Lipinski definition) is 2. The van der Waals surface area contributed by atoms with E-state index in [0.717, 1.165) is 18.2 Å². The minimum absolute atomic E-state index is 0.0314. The Hall–Kier alpha value is -1.92. The fraction of sp³-hybridized carbons (Fsp3) is 0. The van der Waals surface area contributed by atoms with Crippen LogP contribution in [-0.4, -0.2) is 16.1 Å². The van der Waals surface area contributed by atoms with Gasteiger partial charge < -0.3 is 5.32 Å². The molecule has 1 heterocycles. The highest BCUT2D eigenvalue weighted by molar-refractivity contribution is 6.40. The van der Waals surface area contributed by atoms with Crippen LogP contribution in [0.3, 0.4) is 0 Å². The molecule has 98 valence electrons. The van der Waals surface area contributed by atoms with Crippen LogP contribution in [0.1, 0.15) is 10.5 Å². The number of rotatable bonds is 2. The van der Waals surface area contributed by atoms with E-state index in [2.05, 4.69) is 15.5 Å². The number of carbonyl (C=O) groups is 1. The van der Waals surface area contributed by atoms with Crippen LogP contribution < -0.4 is 10.9 Å². The van der Waals surface area contributed by atoms with Gasteiger partial charge in [0, 0.05) is 6.07 Å². The van der Waals surface area contributed by atoms with Gasteiger partial charge in [-0.05, 0) is 18.2 Å². The number of anilines is 1. The molecular formula is C11H6Cl2FN3O2. The Morgan fingerprint density at radius 1 is 1.26 bits per heavy atom. The van der Waals surface area contributed by atoms with Crippen molar-refractivity contribution in [1.82, 2.24) is 10.2 Å². The minimum atomic E-state index is -0.633. The number of nitrogens with zero attached hydrogens (tertiary/aromatic N) is 1. The third kappa shape index (κ3) is 3.10. The zero-order valence-corrected chi connectivity index (χ0v) is 10.7. The molecule has 0 unspecified atom stereocenters. The Balaban J connectivity index is 2.29. The largest absolute Gasteiger partial charge is 0.318 e. The molecule has 1 aromatic carbocycles. The first-order chi connectivity index (χ1) is 8.97. The van der Waals surface area contributed by atoms with E-state index in [1.165, 1.54) is 6.07 Å². The SMILES string of the molecule is O=C(Nc1c(Cl)cc(F)cc1Cl)c1ccc(=O)[nH]n1. The number of aromatic amines is 1. The van der Waals surface area contributed by atoms with Gasteiger partial charge in [0.2, 0.25) is 0 Å². The molecule has 2 aromatic rings. The average Bonchev–Trinajstić information content (AvgIpc) is 2.34. The zero-order valence-electron chi connectivity index (χ0n) is 9.21. The third-order valence-corrected chi connectivity index (χ3v) is 2.75. The first-order valence-electron chi connectivity index (χ1n) is 4.99. The first kappa shape index (κ1) is 13.5. The Kier molecular flexibility index (Phi) is 3.82. The van der Waals surface area contributed by atoms with E-state index >= 15 is 0 Å². The summed E-state index contributed by atoms with van der Waals surface area (Å²) < 4.78 is 13.0. The maximum absolute atomic E-state index is 13.0. The van der Waals surface area contributed by atoms with Gasteiger partial charge in [0.25, 0.3) is 11.5 Å². The molecule has 1 amide bonds. The number of halogens is 3. The molecule has 0 aliphatic carbocycles. The monoisotopic (exact) mass is 301 g/mol. The van der Waals surface area contributed by atoms with Crippen LogP contribution in [0.5, 0.6) is 0 Å². The zero-order chi connectivity index (χ0) is 14.0. The summed E-state index contributed by atoms with van der Waals surface area (Å²) in [4.78, 5) is 22.6. The second-order valence-electron chi connectivity index (χ2n) is 3.50. The highest BCUT2D eigenvalue weighted by atomic mass is 35.5. The van der Waals surface area contributed by atoms with E-state index in [1.807, 2.05) is 0 Å². The lowest BCUT2D eigenvalue weighted by Crippen LogP contribution is -2.18. The summed E-state index contributed by atoms with van der Waals surface area (Å²) in [6, 6.07) is 4.42. The molecule has 0 saturated carbocycles. The summed E-state index contributed by atoms with van der Waals surface area (Å²) in [5, 5.41) is 7.96. The van der Waals surface area contributed by atoms with Crippen LogP contribution in [0.2, 0.25) is 10.0 Å². The summed E-state index contributed by atoms with van der Waals surface area (Å²) in [5.41, 5.74) is -0.395. The molecule has 19 heavy (non-hydrogen) atoms. The fourth-order valence-electron chi connectivity index (χ4n) is 1.31. The van der Waals surface area contributed by atoms with Crippen molar-refractivity contribution >= 4 is 34.8 Å². The number of hydrogen-bond acceptors (Lipinski definition) is 3. The molecule has 0 saturated heterocycles. The lowest BCUT2D eigenvalue weighted by Gasteiger charge is -2.08. The molecule has 2 N–H and O–H groups in total. The van der Waals surface area contributed by atoms with Crippen molar-refractivity contribution in [1.29, 1.82) is 0 Å². The Morgan fingerprint density at radius 3 is 2.42 bits per heavy atom. The molecule has 2 rings (SSSR count). The van der Waals surface area contributed by atoms with Crippen molar-refractivity contribution in [3.05, 3.63) is 56.2 Å². The highest BCUT2D eigenvalue weighted by Gasteiger charge is 2.14. The van der Waals surface area contributed by atoms with Crippen LogP contribution in [0.15, 0.2) is 29.1 Å². The fourth-order valence-corrected chi connectivity index (χ4v) is 1.87. The minimum Gasteiger partial charge on any atom is -0.318 e. The van der Waals surface area contributed by atoms with Crippen molar-refractivity contribution < 1.29 is 9.18 Å². The lowest BCUT2D eigenvalue weighted by atomic mass is 10.3. The molecule has 0 radical (unpaired) electrons. The highest BCUT2D eigenvalue weighted by Crippen LogP contribution is 2.31. The Bertz CT molecular complexity index is 659. The number of H-pyrrole nitrogens is 1. The summed E-state index contributed by atoms with van der Waals surface area (Å²) in [5.74, 6) is -1.25. The molecule has 0 bridgehead atoms. The number of benzene rings is 1. The number of aromatic nitrogens is 2. The summed E-state index contributed by atoms with van der Waals surface area (Å²) in [7, 11) is 0. The van der Waals surface area contributed by atoms with Gasteiger partial charge in [0.15, 0.2) is 0 Å². The maximum atomic E-state index is 13.0. The second kappa shape index (κ2) is 5.38. The van der Waals surface area contributed by atoms with Crippen molar-refractivity contribution in [2.24, 2.45) is 0 Å². The number of carbonyl (C=O) groups excluding carboxylic acids is 1. The summed E-state index contributed by atoms with van der Waals surface area (Å²) in [6.07, 6.45) is 0. The molecule has 1 aromatic heterocycles. The second-order valence-corrected chi connectivity index (χ2v) is 4.32. The smallest absolute Gasteiger partial charge is 0.276 e. The topological polar surface area (TPSA) is 74.8 Å². The van der Waals surface area contributed by atoms with Gasteiger partial charge in [-0.3, -0.25) is 9.59 Å². The van der Waals surface area contributed by atoms with Gasteiger partial charge in [0.05, 0.1) is 15.7 Å². The Labute approximate surface area is 116 Å². The van der Waals surface area contributed by atoms with E-state index in [4.69, 9.17) is 23.2 Å². The molecule has 0 spiro atoms. The van der Waals surface area contributed by atoms with Crippen molar-refractivity contribution in [2.75, 3.05) is 5.32 Å². The Morgan fingerprint density at radius 2 is 1.89 bits per heavy atom. The van der Waals surface area contributed by atoms with Crippen LogP contribution >= 0.6 is 23.2 Å². The predicted molar refractivity (Wildman–Crippen MR) is 69.2 cm³/mol. The molecule has 5 nitrogen and oxygen atoms in total. The first-order valence-corrected chi connectivity index (χ1v) is 5.74. The van der Waals surface area contributed by atoms with E-state index in [9.17, 15) is 14.0 Å². The average molecular weight is 302 g/mol. The molecule has 0 atom stereocenters. The normalized spacial score (nSPS) is 10.3. The van der Waals surface area contributed by atoms with Crippen LogP contribution in [0.4, 0.5) is 10.1 Å². The standard InChI is InChI=1S/C11H6Cl2FN3O2/c12-6-3-5(14)4-7(13)10(6)15-11(19)8-1-2-9(18)17-16-8/h1-4H,(H,15,19)(H,17,18). The molecular weight excluding hydrogens is 296 g/mol. The third-order valence-electron chi connectivity index (χ3n) is 2.16. The van der Waals surface area contributed by atoms with E-state index in [1.54, 1.807) is 0 Å². The van der Waals surface area contributed by atoms with E-state index in [-0.39, 0.29) is 21.4 Å². The van der Waals surface area contributed by atoms with Gasteiger partial charge in [0.1, 0.15) is 11.5 Å². The molecule has 0 aliphatic heterocycles. The van der Waals surface area contributed by atoms with Gasteiger partial charge in [-0.2, -0.15) is 5.10 Å². The quantitative estimate of drug-likeness (QED) is 0.895. The van der Waals surface area contributed by atoms with Crippen molar-refractivity contribution in [3.8, 4) is 0 Å². The lowest BCUT2D eigenvalue weighted by molar-refractivity contribution is 0.102. The van der Waals surface area contributed by atoms with Crippen LogP contribution in [-0.2, 0) is 0 Å². The van der Waals surface area contributed by atoms with Crippen molar-refractivity contribution in [3.63, 3.8) is 0 Å². The van der Waals surface area contributed by atoms with Crippen LogP contribution in [0.25, 0.3) is 0 Å². The summed E-state index contributed by atoms with van der Waals surface area (Å²) >= 11 is 11.5. The summed E-state index contributed by atoms with van der Waals surface area (Å²) in [6.45, 7) is 0.